The molecule has 0 aromatic carbocycles. The number of hydrogen-bond donors (Lipinski definition) is 1. The standard InChI is InChI=1S/C15H22N2O2S2/c1-3-15(2)14(18)17(11-6-9-21(19)10-7-11)13(16-15)12-5-4-8-20-12/h4-5,8,11,13,16H,3,6-7,9-10H2,1-2H3. The maximum absolute atomic E-state index is 12.9. The second-order valence-electron chi connectivity index (χ2n) is 6.04. The summed E-state index contributed by atoms with van der Waals surface area (Å²) in [6.07, 6.45) is 2.45. The lowest BCUT2D eigenvalue weighted by molar-refractivity contribution is -0.135. The average molecular weight is 326 g/mol. The summed E-state index contributed by atoms with van der Waals surface area (Å²) in [6.45, 7) is 4.05. The molecule has 21 heavy (non-hydrogen) atoms. The van der Waals surface area contributed by atoms with Crippen LogP contribution in [0.25, 0.3) is 0 Å². The summed E-state index contributed by atoms with van der Waals surface area (Å²) in [5.74, 6) is 1.63. The van der Waals surface area contributed by atoms with E-state index >= 15 is 0 Å². The first-order valence-electron chi connectivity index (χ1n) is 7.54. The summed E-state index contributed by atoms with van der Waals surface area (Å²) in [4.78, 5) is 16.2. The normalized spacial score (nSPS) is 37.1. The van der Waals surface area contributed by atoms with Crippen molar-refractivity contribution in [1.29, 1.82) is 0 Å². The molecule has 1 amide bonds. The Hall–Kier alpha value is -0.720. The van der Waals surface area contributed by atoms with Crippen molar-refractivity contribution in [2.24, 2.45) is 0 Å². The van der Waals surface area contributed by atoms with Gasteiger partial charge >= 0.3 is 0 Å². The quantitative estimate of drug-likeness (QED) is 0.927. The first kappa shape index (κ1) is 15.2. The van der Waals surface area contributed by atoms with E-state index in [4.69, 9.17) is 0 Å². The summed E-state index contributed by atoms with van der Waals surface area (Å²) in [6, 6.07) is 4.33. The molecule has 2 fully saturated rings. The molecule has 1 N–H and O–H groups in total. The van der Waals surface area contributed by atoms with Gasteiger partial charge in [-0.15, -0.1) is 11.3 Å². The number of amides is 1. The van der Waals surface area contributed by atoms with Crippen LogP contribution in [-0.4, -0.2) is 38.1 Å². The maximum atomic E-state index is 12.9. The van der Waals surface area contributed by atoms with Crippen molar-refractivity contribution in [2.45, 2.75) is 50.9 Å². The Morgan fingerprint density at radius 1 is 1.48 bits per heavy atom. The zero-order valence-electron chi connectivity index (χ0n) is 12.5. The molecule has 116 valence electrons. The van der Waals surface area contributed by atoms with Crippen molar-refractivity contribution >= 4 is 28.0 Å². The Bertz CT molecular complexity index is 536. The lowest BCUT2D eigenvalue weighted by Gasteiger charge is -2.34. The summed E-state index contributed by atoms with van der Waals surface area (Å²) in [5, 5.41) is 5.59. The van der Waals surface area contributed by atoms with E-state index in [2.05, 4.69) is 23.7 Å². The van der Waals surface area contributed by atoms with Crippen LogP contribution in [0, 0.1) is 0 Å². The Morgan fingerprint density at radius 2 is 2.19 bits per heavy atom. The number of hydrogen-bond acceptors (Lipinski definition) is 4. The molecular formula is C15H22N2O2S2. The molecule has 6 heteroatoms. The molecular weight excluding hydrogens is 304 g/mol. The second kappa shape index (κ2) is 5.82. The number of carbonyl (C=O) groups excluding carboxylic acids is 1. The van der Waals surface area contributed by atoms with Crippen LogP contribution in [0.1, 0.15) is 44.2 Å². The third kappa shape index (κ3) is 2.69. The van der Waals surface area contributed by atoms with E-state index in [1.165, 1.54) is 4.88 Å². The molecule has 3 rings (SSSR count). The molecule has 0 aliphatic carbocycles. The number of rotatable bonds is 3. The van der Waals surface area contributed by atoms with Crippen LogP contribution in [0.15, 0.2) is 17.5 Å². The summed E-state index contributed by atoms with van der Waals surface area (Å²) in [5.41, 5.74) is -0.481. The smallest absolute Gasteiger partial charge is 0.244 e. The highest BCUT2D eigenvalue weighted by molar-refractivity contribution is 7.85. The van der Waals surface area contributed by atoms with E-state index < -0.39 is 16.3 Å². The Kier molecular flexibility index (Phi) is 4.21. The van der Waals surface area contributed by atoms with E-state index in [0.717, 1.165) is 19.3 Å². The molecule has 2 aliphatic heterocycles. The van der Waals surface area contributed by atoms with E-state index in [1.54, 1.807) is 11.3 Å². The third-order valence-electron chi connectivity index (χ3n) is 4.71. The molecule has 2 unspecified atom stereocenters. The third-order valence-corrected chi connectivity index (χ3v) is 7.02. The molecule has 2 aliphatic rings. The highest BCUT2D eigenvalue weighted by atomic mass is 32.2. The minimum absolute atomic E-state index is 0.0287. The molecule has 0 radical (unpaired) electrons. The van der Waals surface area contributed by atoms with E-state index in [9.17, 15) is 9.00 Å². The predicted octanol–water partition coefficient (Wildman–Crippen LogP) is 2.26. The van der Waals surface area contributed by atoms with Crippen LogP contribution in [0.4, 0.5) is 0 Å². The molecule has 2 saturated heterocycles. The van der Waals surface area contributed by atoms with Crippen LogP contribution in [0.2, 0.25) is 0 Å². The van der Waals surface area contributed by atoms with Crippen LogP contribution in [0.3, 0.4) is 0 Å². The monoisotopic (exact) mass is 326 g/mol. The maximum Gasteiger partial charge on any atom is 0.244 e. The summed E-state index contributed by atoms with van der Waals surface area (Å²) >= 11 is 1.69. The SMILES string of the molecule is CCC1(C)NC(c2cccs2)N(C2CCS(=O)CC2)C1=O. The van der Waals surface area contributed by atoms with Gasteiger partial charge in [-0.3, -0.25) is 14.3 Å². The van der Waals surface area contributed by atoms with Gasteiger partial charge in [0.2, 0.25) is 5.91 Å². The van der Waals surface area contributed by atoms with Gasteiger partial charge in [0.05, 0.1) is 5.54 Å². The minimum Gasteiger partial charge on any atom is -0.317 e. The van der Waals surface area contributed by atoms with Gasteiger partial charge in [-0.05, 0) is 37.6 Å². The molecule has 1 aromatic heterocycles. The average Bonchev–Trinajstić information content (AvgIpc) is 3.09. The fraction of sp³-hybridized carbons (Fsp3) is 0.667. The van der Waals surface area contributed by atoms with Crippen molar-refractivity contribution in [3.8, 4) is 0 Å². The Labute approximate surface area is 132 Å². The van der Waals surface area contributed by atoms with Gasteiger partial charge in [-0.1, -0.05) is 13.0 Å². The van der Waals surface area contributed by atoms with Gasteiger partial charge < -0.3 is 4.90 Å². The van der Waals surface area contributed by atoms with Crippen LogP contribution in [-0.2, 0) is 15.6 Å². The van der Waals surface area contributed by atoms with Gasteiger partial charge in [-0.25, -0.2) is 0 Å². The lowest BCUT2D eigenvalue weighted by Crippen LogP contribution is -2.46. The van der Waals surface area contributed by atoms with E-state index in [-0.39, 0.29) is 18.1 Å². The van der Waals surface area contributed by atoms with E-state index in [0.29, 0.717) is 11.5 Å². The topological polar surface area (TPSA) is 49.4 Å². The highest BCUT2D eigenvalue weighted by Crippen LogP contribution is 2.38. The van der Waals surface area contributed by atoms with Gasteiger partial charge in [0, 0.05) is 33.2 Å². The van der Waals surface area contributed by atoms with E-state index in [1.807, 2.05) is 17.9 Å². The van der Waals surface area contributed by atoms with Crippen molar-refractivity contribution in [2.75, 3.05) is 11.5 Å². The van der Waals surface area contributed by atoms with Gasteiger partial charge in [-0.2, -0.15) is 0 Å². The predicted molar refractivity (Wildman–Crippen MR) is 86.6 cm³/mol. The Morgan fingerprint density at radius 3 is 2.76 bits per heavy atom. The van der Waals surface area contributed by atoms with Crippen LogP contribution >= 0.6 is 11.3 Å². The number of carbonyl (C=O) groups is 1. The molecule has 0 spiro atoms. The zero-order chi connectivity index (χ0) is 15.0. The van der Waals surface area contributed by atoms with Crippen molar-refractivity contribution < 1.29 is 9.00 Å². The summed E-state index contributed by atoms with van der Waals surface area (Å²) in [7, 11) is -0.697. The molecule has 4 nitrogen and oxygen atoms in total. The van der Waals surface area contributed by atoms with Gasteiger partial charge in [0.1, 0.15) is 6.17 Å². The van der Waals surface area contributed by atoms with Gasteiger partial charge in [0.15, 0.2) is 0 Å². The zero-order valence-corrected chi connectivity index (χ0v) is 14.1. The number of nitrogens with one attached hydrogen (secondary N) is 1. The Balaban J connectivity index is 1.90. The molecule has 1 aromatic rings. The minimum atomic E-state index is -0.697. The molecule has 0 bridgehead atoms. The van der Waals surface area contributed by atoms with Crippen molar-refractivity contribution in [1.82, 2.24) is 10.2 Å². The lowest BCUT2D eigenvalue weighted by atomic mass is 9.98. The molecule has 2 atom stereocenters. The number of nitrogens with zero attached hydrogens (tertiary/aromatic N) is 1. The van der Waals surface area contributed by atoms with Crippen LogP contribution < -0.4 is 5.32 Å². The fourth-order valence-corrected chi connectivity index (χ4v) is 5.23. The highest BCUT2D eigenvalue weighted by Gasteiger charge is 2.50. The first-order valence-corrected chi connectivity index (χ1v) is 9.91. The van der Waals surface area contributed by atoms with Gasteiger partial charge in [0.25, 0.3) is 0 Å². The molecule has 3 heterocycles. The van der Waals surface area contributed by atoms with Crippen LogP contribution in [0.5, 0.6) is 0 Å². The largest absolute Gasteiger partial charge is 0.317 e. The fourth-order valence-electron chi connectivity index (χ4n) is 3.18. The van der Waals surface area contributed by atoms with Crippen molar-refractivity contribution in [3.63, 3.8) is 0 Å². The summed E-state index contributed by atoms with van der Waals surface area (Å²) < 4.78 is 11.6. The first-order chi connectivity index (χ1) is 10.0. The second-order valence-corrected chi connectivity index (χ2v) is 8.72. The number of thiophene rings is 1. The molecule has 0 saturated carbocycles. The van der Waals surface area contributed by atoms with Crippen molar-refractivity contribution in [3.05, 3.63) is 22.4 Å².